The summed E-state index contributed by atoms with van der Waals surface area (Å²) in [6, 6.07) is 0. The number of hydrogen-bond acceptors (Lipinski definition) is 2. The molecule has 0 saturated carbocycles. The summed E-state index contributed by atoms with van der Waals surface area (Å²) in [7, 11) is 0. The van der Waals surface area contributed by atoms with E-state index in [1.54, 1.807) is 0 Å². The first-order valence-corrected chi connectivity index (χ1v) is 4.31. The van der Waals surface area contributed by atoms with Crippen LogP contribution in [0.25, 0.3) is 0 Å². The first-order chi connectivity index (χ1) is 5.45. The van der Waals surface area contributed by atoms with Crippen LogP contribution in [0.3, 0.4) is 0 Å². The van der Waals surface area contributed by atoms with Gasteiger partial charge in [-0.05, 0) is 11.8 Å². The molecule has 0 fully saturated rings. The Hall–Kier alpha value is -0.790. The van der Waals surface area contributed by atoms with Gasteiger partial charge < -0.3 is 4.74 Å². The highest BCUT2D eigenvalue weighted by Crippen LogP contribution is 2.14. The third-order valence-electron chi connectivity index (χ3n) is 1.17. The highest BCUT2D eigenvalue weighted by atomic mass is 16.5. The molecule has 0 heterocycles. The molecule has 0 amide bonds. The maximum Gasteiger partial charge on any atom is 0.330 e. The van der Waals surface area contributed by atoms with Crippen molar-refractivity contribution in [3.8, 4) is 0 Å². The lowest BCUT2D eigenvalue weighted by Gasteiger charge is -2.10. The highest BCUT2D eigenvalue weighted by molar-refractivity contribution is 5.81. The molecule has 0 N–H and O–H groups in total. The number of hydrogen-bond donors (Lipinski definition) is 0. The van der Waals surface area contributed by atoms with Crippen LogP contribution < -0.4 is 0 Å². The molecule has 0 saturated heterocycles. The minimum Gasteiger partial charge on any atom is -0.463 e. The van der Waals surface area contributed by atoms with Gasteiger partial charge in [-0.15, -0.1) is 0 Å². The molecule has 2 nitrogen and oxygen atoms in total. The summed E-state index contributed by atoms with van der Waals surface area (Å²) in [4.78, 5) is 10.9. The fraction of sp³-hybridized carbons (Fsp3) is 0.700. The maximum absolute atomic E-state index is 10.9. The van der Waals surface area contributed by atoms with Crippen LogP contribution in [0.5, 0.6) is 0 Å². The summed E-state index contributed by atoms with van der Waals surface area (Å²) in [5, 5.41) is 0. The maximum atomic E-state index is 10.9. The number of carbonyl (C=O) groups excluding carboxylic acids is 1. The molecule has 0 rings (SSSR count). The van der Waals surface area contributed by atoms with E-state index in [1.807, 2.05) is 33.8 Å². The normalized spacial score (nSPS) is 12.0. The van der Waals surface area contributed by atoms with Gasteiger partial charge in [0, 0.05) is 6.08 Å². The van der Waals surface area contributed by atoms with Crippen molar-refractivity contribution in [2.75, 3.05) is 6.61 Å². The Kier molecular flexibility index (Phi) is 4.64. The first-order valence-electron chi connectivity index (χ1n) is 4.31. The molecular weight excluding hydrogens is 152 g/mol. The molecule has 0 unspecified atom stereocenters. The van der Waals surface area contributed by atoms with Crippen LogP contribution in [-0.4, -0.2) is 12.6 Å². The zero-order valence-electron chi connectivity index (χ0n) is 8.39. The van der Waals surface area contributed by atoms with Crippen molar-refractivity contribution in [2.45, 2.75) is 34.1 Å². The van der Waals surface area contributed by atoms with Crippen molar-refractivity contribution in [3.63, 3.8) is 0 Å². The van der Waals surface area contributed by atoms with Gasteiger partial charge in [0.05, 0.1) is 6.61 Å². The van der Waals surface area contributed by atoms with Crippen LogP contribution in [0.1, 0.15) is 34.1 Å². The van der Waals surface area contributed by atoms with Gasteiger partial charge in [0.15, 0.2) is 0 Å². The quantitative estimate of drug-likeness (QED) is 0.480. The predicted molar refractivity (Wildman–Crippen MR) is 49.8 cm³/mol. The molecule has 0 aromatic rings. The Morgan fingerprint density at radius 1 is 1.42 bits per heavy atom. The minimum atomic E-state index is -0.244. The molecule has 0 spiro atoms. The molecule has 0 radical (unpaired) electrons. The van der Waals surface area contributed by atoms with E-state index in [0.717, 1.165) is 6.42 Å². The van der Waals surface area contributed by atoms with Crippen LogP contribution in [-0.2, 0) is 9.53 Å². The summed E-state index contributed by atoms with van der Waals surface area (Å²) in [5.74, 6) is -0.244. The Morgan fingerprint density at radius 2 is 2.00 bits per heavy atom. The predicted octanol–water partition coefficient (Wildman–Crippen LogP) is 2.54. The van der Waals surface area contributed by atoms with Gasteiger partial charge in [-0.3, -0.25) is 0 Å². The van der Waals surface area contributed by atoms with Crippen LogP contribution >= 0.6 is 0 Å². The van der Waals surface area contributed by atoms with Crippen LogP contribution in [0, 0.1) is 5.41 Å². The molecule has 0 bridgehead atoms. The number of ether oxygens (including phenoxy) is 1. The lowest BCUT2D eigenvalue weighted by atomic mass is 9.96. The van der Waals surface area contributed by atoms with Crippen LogP contribution in [0.15, 0.2) is 12.2 Å². The van der Waals surface area contributed by atoms with Gasteiger partial charge >= 0.3 is 5.97 Å². The zero-order valence-corrected chi connectivity index (χ0v) is 8.39. The largest absolute Gasteiger partial charge is 0.463 e. The average Bonchev–Trinajstić information content (AvgIpc) is 1.95. The Balaban J connectivity index is 3.76. The van der Waals surface area contributed by atoms with Crippen LogP contribution in [0.2, 0.25) is 0 Å². The summed E-state index contributed by atoms with van der Waals surface area (Å²) < 4.78 is 4.86. The number of allylic oxidation sites excluding steroid dienone is 1. The minimum absolute atomic E-state index is 0.0469. The summed E-state index contributed by atoms with van der Waals surface area (Å²) in [6.45, 7) is 8.60. The standard InChI is InChI=1S/C10H18O2/c1-5-8-12-9(11)6-7-10(2,3)4/h6-7H,5,8H2,1-4H3. The third kappa shape index (κ3) is 7.32. The second-order valence-electron chi connectivity index (χ2n) is 3.87. The molecule has 0 atom stereocenters. The number of carbonyl (C=O) groups is 1. The van der Waals surface area contributed by atoms with Crippen molar-refractivity contribution >= 4 is 5.97 Å². The van der Waals surface area contributed by atoms with E-state index in [2.05, 4.69) is 0 Å². The monoisotopic (exact) mass is 170 g/mol. The summed E-state index contributed by atoms with van der Waals surface area (Å²) in [5.41, 5.74) is 0.0469. The van der Waals surface area contributed by atoms with E-state index in [4.69, 9.17) is 4.74 Å². The van der Waals surface area contributed by atoms with Crippen molar-refractivity contribution in [1.29, 1.82) is 0 Å². The Bertz CT molecular complexity index is 163. The number of rotatable bonds is 3. The smallest absolute Gasteiger partial charge is 0.330 e. The molecule has 0 aliphatic rings. The molecule has 0 aliphatic carbocycles. The highest BCUT2D eigenvalue weighted by Gasteiger charge is 2.05. The van der Waals surface area contributed by atoms with Gasteiger partial charge in [0.2, 0.25) is 0 Å². The van der Waals surface area contributed by atoms with E-state index in [-0.39, 0.29) is 11.4 Å². The van der Waals surface area contributed by atoms with E-state index >= 15 is 0 Å². The third-order valence-corrected chi connectivity index (χ3v) is 1.17. The molecular formula is C10H18O2. The zero-order chi connectivity index (χ0) is 9.61. The Labute approximate surface area is 74.6 Å². The fourth-order valence-electron chi connectivity index (χ4n) is 0.569. The van der Waals surface area contributed by atoms with Gasteiger partial charge in [-0.2, -0.15) is 0 Å². The molecule has 2 heteroatoms. The lowest BCUT2D eigenvalue weighted by molar-refractivity contribution is -0.137. The second kappa shape index (κ2) is 4.96. The van der Waals surface area contributed by atoms with E-state index in [9.17, 15) is 4.79 Å². The SMILES string of the molecule is CCCOC(=O)C=CC(C)(C)C. The van der Waals surface area contributed by atoms with Crippen molar-refractivity contribution in [3.05, 3.63) is 12.2 Å². The average molecular weight is 170 g/mol. The van der Waals surface area contributed by atoms with E-state index in [1.165, 1.54) is 6.08 Å². The molecule has 0 aromatic carbocycles. The van der Waals surface area contributed by atoms with E-state index < -0.39 is 0 Å². The summed E-state index contributed by atoms with van der Waals surface area (Å²) >= 11 is 0. The molecule has 0 aliphatic heterocycles. The fourth-order valence-corrected chi connectivity index (χ4v) is 0.569. The molecule has 12 heavy (non-hydrogen) atoms. The second-order valence-corrected chi connectivity index (χ2v) is 3.87. The van der Waals surface area contributed by atoms with Gasteiger partial charge in [0.25, 0.3) is 0 Å². The van der Waals surface area contributed by atoms with Gasteiger partial charge in [-0.25, -0.2) is 4.79 Å². The van der Waals surface area contributed by atoms with Gasteiger partial charge in [0.1, 0.15) is 0 Å². The van der Waals surface area contributed by atoms with Crippen molar-refractivity contribution < 1.29 is 9.53 Å². The lowest BCUT2D eigenvalue weighted by Crippen LogP contribution is -2.05. The topological polar surface area (TPSA) is 26.3 Å². The van der Waals surface area contributed by atoms with Gasteiger partial charge in [-0.1, -0.05) is 33.8 Å². The summed E-state index contributed by atoms with van der Waals surface area (Å²) in [6.07, 6.45) is 4.22. The Morgan fingerprint density at radius 3 is 2.42 bits per heavy atom. The first kappa shape index (κ1) is 11.2. The van der Waals surface area contributed by atoms with E-state index in [0.29, 0.717) is 6.61 Å². The van der Waals surface area contributed by atoms with Crippen molar-refractivity contribution in [1.82, 2.24) is 0 Å². The van der Waals surface area contributed by atoms with Crippen LogP contribution in [0.4, 0.5) is 0 Å². The molecule has 0 aromatic heterocycles. The molecule has 70 valence electrons. The number of esters is 1. The van der Waals surface area contributed by atoms with Crippen molar-refractivity contribution in [2.24, 2.45) is 5.41 Å².